The van der Waals surface area contributed by atoms with E-state index in [2.05, 4.69) is 4.98 Å². The number of aromatic nitrogens is 1. The van der Waals surface area contributed by atoms with E-state index in [1.807, 2.05) is 25.1 Å². The standard InChI is InChI=1S/C9H11NO/c1-7-3-2-4-9(10-7)11-8-5-6-8/h2-4,8H,5-6H2,1H3. The van der Waals surface area contributed by atoms with Crippen LogP contribution < -0.4 is 4.74 Å². The zero-order chi connectivity index (χ0) is 7.68. The maximum Gasteiger partial charge on any atom is 0.213 e. The van der Waals surface area contributed by atoms with Crippen molar-refractivity contribution >= 4 is 0 Å². The lowest BCUT2D eigenvalue weighted by molar-refractivity contribution is 0.290. The van der Waals surface area contributed by atoms with Gasteiger partial charge in [0, 0.05) is 11.8 Å². The molecule has 11 heavy (non-hydrogen) atoms. The molecule has 0 atom stereocenters. The van der Waals surface area contributed by atoms with Gasteiger partial charge in [0.05, 0.1) is 0 Å². The van der Waals surface area contributed by atoms with Gasteiger partial charge in [-0.1, -0.05) is 6.07 Å². The van der Waals surface area contributed by atoms with Crippen molar-refractivity contribution in [3.05, 3.63) is 23.9 Å². The lowest BCUT2D eigenvalue weighted by atomic mass is 10.4. The van der Waals surface area contributed by atoms with Gasteiger partial charge >= 0.3 is 0 Å². The van der Waals surface area contributed by atoms with Gasteiger partial charge < -0.3 is 4.74 Å². The van der Waals surface area contributed by atoms with Crippen molar-refractivity contribution < 1.29 is 4.74 Å². The van der Waals surface area contributed by atoms with Gasteiger partial charge in [0.1, 0.15) is 6.10 Å². The second-order valence-corrected chi connectivity index (χ2v) is 2.93. The lowest BCUT2D eigenvalue weighted by Crippen LogP contribution is -1.98. The minimum atomic E-state index is 0.448. The molecule has 0 bridgehead atoms. The van der Waals surface area contributed by atoms with Gasteiger partial charge in [0.15, 0.2) is 0 Å². The highest BCUT2D eigenvalue weighted by Crippen LogP contribution is 2.25. The Bertz CT molecular complexity index is 255. The molecule has 0 aromatic carbocycles. The van der Waals surface area contributed by atoms with Crippen LogP contribution in [0.25, 0.3) is 0 Å². The summed E-state index contributed by atoms with van der Waals surface area (Å²) >= 11 is 0. The van der Waals surface area contributed by atoms with E-state index in [1.165, 1.54) is 12.8 Å². The van der Waals surface area contributed by atoms with Crippen molar-refractivity contribution in [1.82, 2.24) is 4.98 Å². The van der Waals surface area contributed by atoms with Gasteiger partial charge in [-0.15, -0.1) is 0 Å². The summed E-state index contributed by atoms with van der Waals surface area (Å²) in [5, 5.41) is 0. The van der Waals surface area contributed by atoms with Crippen LogP contribution in [0.5, 0.6) is 5.88 Å². The van der Waals surface area contributed by atoms with E-state index in [-0.39, 0.29) is 0 Å². The van der Waals surface area contributed by atoms with Crippen molar-refractivity contribution in [1.29, 1.82) is 0 Å². The number of aryl methyl sites for hydroxylation is 1. The van der Waals surface area contributed by atoms with Crippen molar-refractivity contribution in [3.63, 3.8) is 0 Å². The van der Waals surface area contributed by atoms with Gasteiger partial charge in [-0.2, -0.15) is 0 Å². The average molecular weight is 149 g/mol. The van der Waals surface area contributed by atoms with Crippen molar-refractivity contribution in [3.8, 4) is 5.88 Å². The quantitative estimate of drug-likeness (QED) is 0.641. The highest BCUT2D eigenvalue weighted by atomic mass is 16.5. The van der Waals surface area contributed by atoms with E-state index in [0.717, 1.165) is 11.6 Å². The maximum absolute atomic E-state index is 5.50. The van der Waals surface area contributed by atoms with Crippen LogP contribution in [0.3, 0.4) is 0 Å². The second-order valence-electron chi connectivity index (χ2n) is 2.93. The van der Waals surface area contributed by atoms with Crippen LogP contribution in [0.2, 0.25) is 0 Å². The van der Waals surface area contributed by atoms with Gasteiger partial charge in [-0.05, 0) is 25.8 Å². The Hall–Kier alpha value is -1.05. The molecule has 1 saturated carbocycles. The van der Waals surface area contributed by atoms with Crippen LogP contribution in [0, 0.1) is 6.92 Å². The molecule has 0 N–H and O–H groups in total. The minimum Gasteiger partial charge on any atom is -0.474 e. The fourth-order valence-corrected chi connectivity index (χ4v) is 0.940. The molecule has 1 aromatic rings. The van der Waals surface area contributed by atoms with E-state index < -0.39 is 0 Å². The molecule has 2 rings (SSSR count). The Morgan fingerprint density at radius 2 is 2.27 bits per heavy atom. The molecule has 0 aliphatic heterocycles. The first-order valence-corrected chi connectivity index (χ1v) is 3.95. The third-order valence-corrected chi connectivity index (χ3v) is 1.67. The highest BCUT2D eigenvalue weighted by molar-refractivity contribution is 5.15. The second kappa shape index (κ2) is 2.53. The van der Waals surface area contributed by atoms with Crippen molar-refractivity contribution in [2.24, 2.45) is 0 Å². The third kappa shape index (κ3) is 1.70. The van der Waals surface area contributed by atoms with Crippen molar-refractivity contribution in [2.75, 3.05) is 0 Å². The number of hydrogen-bond acceptors (Lipinski definition) is 2. The smallest absolute Gasteiger partial charge is 0.213 e. The molecule has 2 nitrogen and oxygen atoms in total. The minimum absolute atomic E-state index is 0.448. The first-order chi connectivity index (χ1) is 5.34. The molecule has 58 valence electrons. The fraction of sp³-hybridized carbons (Fsp3) is 0.444. The molecular formula is C9H11NO. The molecule has 1 aromatic heterocycles. The van der Waals surface area contributed by atoms with Crippen LogP contribution in [0.15, 0.2) is 18.2 Å². The highest BCUT2D eigenvalue weighted by Gasteiger charge is 2.23. The van der Waals surface area contributed by atoms with E-state index >= 15 is 0 Å². The van der Waals surface area contributed by atoms with Crippen LogP contribution >= 0.6 is 0 Å². The van der Waals surface area contributed by atoms with Gasteiger partial charge in [-0.3, -0.25) is 0 Å². The first-order valence-electron chi connectivity index (χ1n) is 3.95. The molecule has 1 fully saturated rings. The summed E-state index contributed by atoms with van der Waals surface area (Å²) in [6, 6.07) is 5.85. The summed E-state index contributed by atoms with van der Waals surface area (Å²) in [7, 11) is 0. The van der Waals surface area contributed by atoms with Crippen molar-refractivity contribution in [2.45, 2.75) is 25.9 Å². The summed E-state index contributed by atoms with van der Waals surface area (Å²) in [5.74, 6) is 0.771. The van der Waals surface area contributed by atoms with Crippen LogP contribution in [-0.4, -0.2) is 11.1 Å². The Balaban J connectivity index is 2.10. The maximum atomic E-state index is 5.50. The normalized spacial score (nSPS) is 16.5. The Kier molecular flexibility index (Phi) is 1.53. The molecule has 0 spiro atoms. The van der Waals surface area contributed by atoms with E-state index in [1.54, 1.807) is 0 Å². The van der Waals surface area contributed by atoms with Gasteiger partial charge in [0.2, 0.25) is 5.88 Å². The SMILES string of the molecule is Cc1cccc(OC2CC2)n1. The Labute approximate surface area is 66.2 Å². The van der Waals surface area contributed by atoms with Crippen LogP contribution in [0.4, 0.5) is 0 Å². The molecule has 0 radical (unpaired) electrons. The number of hydrogen-bond donors (Lipinski definition) is 0. The number of pyridine rings is 1. The number of nitrogens with zero attached hydrogens (tertiary/aromatic N) is 1. The molecule has 1 aliphatic carbocycles. The van der Waals surface area contributed by atoms with Crippen LogP contribution in [0.1, 0.15) is 18.5 Å². The molecule has 1 heterocycles. The lowest BCUT2D eigenvalue weighted by Gasteiger charge is -2.02. The molecule has 0 saturated heterocycles. The number of ether oxygens (including phenoxy) is 1. The Morgan fingerprint density at radius 3 is 2.91 bits per heavy atom. The zero-order valence-corrected chi connectivity index (χ0v) is 6.58. The predicted molar refractivity (Wildman–Crippen MR) is 42.6 cm³/mol. The number of rotatable bonds is 2. The molecule has 2 heteroatoms. The molecule has 1 aliphatic rings. The van der Waals surface area contributed by atoms with E-state index in [4.69, 9.17) is 4.74 Å². The molecule has 0 unspecified atom stereocenters. The van der Waals surface area contributed by atoms with Gasteiger partial charge in [-0.25, -0.2) is 4.98 Å². The van der Waals surface area contributed by atoms with Gasteiger partial charge in [0.25, 0.3) is 0 Å². The average Bonchev–Trinajstić information content (AvgIpc) is 2.71. The summed E-state index contributed by atoms with van der Waals surface area (Å²) < 4.78 is 5.50. The van der Waals surface area contributed by atoms with E-state index in [0.29, 0.717) is 6.10 Å². The molecular weight excluding hydrogens is 138 g/mol. The largest absolute Gasteiger partial charge is 0.474 e. The summed E-state index contributed by atoms with van der Waals surface area (Å²) in [5.41, 5.74) is 1.02. The summed E-state index contributed by atoms with van der Waals surface area (Å²) in [6.45, 7) is 1.97. The first kappa shape index (κ1) is 6.65. The Morgan fingerprint density at radius 1 is 1.45 bits per heavy atom. The summed E-state index contributed by atoms with van der Waals surface area (Å²) in [4.78, 5) is 4.23. The zero-order valence-electron chi connectivity index (χ0n) is 6.58. The fourth-order valence-electron chi connectivity index (χ4n) is 0.940. The monoisotopic (exact) mass is 149 g/mol. The molecule has 0 amide bonds. The topological polar surface area (TPSA) is 22.1 Å². The predicted octanol–water partition coefficient (Wildman–Crippen LogP) is 1.93. The summed E-state index contributed by atoms with van der Waals surface area (Å²) in [6.07, 6.45) is 2.83. The van der Waals surface area contributed by atoms with E-state index in [9.17, 15) is 0 Å². The van der Waals surface area contributed by atoms with Crippen LogP contribution in [-0.2, 0) is 0 Å². The third-order valence-electron chi connectivity index (χ3n) is 1.67.